The number of anilines is 1. The lowest BCUT2D eigenvalue weighted by Crippen LogP contribution is -2.14. The van der Waals surface area contributed by atoms with E-state index in [0.29, 0.717) is 28.5 Å². The van der Waals surface area contributed by atoms with Gasteiger partial charge in [-0.3, -0.25) is 4.79 Å². The van der Waals surface area contributed by atoms with Gasteiger partial charge in [-0.25, -0.2) is 9.50 Å². The summed E-state index contributed by atoms with van der Waals surface area (Å²) in [4.78, 5) is 19.6. The van der Waals surface area contributed by atoms with Crippen molar-refractivity contribution in [1.29, 1.82) is 0 Å². The van der Waals surface area contributed by atoms with E-state index in [1.165, 1.54) is 11.3 Å². The van der Waals surface area contributed by atoms with Gasteiger partial charge in [0.15, 0.2) is 0 Å². The number of aryl methyl sites for hydroxylation is 3. The lowest BCUT2D eigenvalue weighted by molar-refractivity contribution is -0.144. The molecule has 0 fully saturated rings. The predicted octanol–water partition coefficient (Wildman–Crippen LogP) is 2.75. The molecule has 0 bridgehead atoms. The molecule has 0 aliphatic heterocycles. The van der Waals surface area contributed by atoms with Crippen LogP contribution >= 0.6 is 11.3 Å². The Morgan fingerprint density at radius 1 is 1.22 bits per heavy atom. The molecule has 0 spiro atoms. The maximum absolute atomic E-state index is 12.8. The zero-order valence-corrected chi connectivity index (χ0v) is 15.6. The maximum Gasteiger partial charge on any atom is 0.453 e. The molecule has 12 heteroatoms. The maximum atomic E-state index is 12.8. The molecule has 0 radical (unpaired) electrons. The van der Waals surface area contributed by atoms with Gasteiger partial charge in [0.1, 0.15) is 5.01 Å². The minimum Gasteiger partial charge on any atom is -0.301 e. The van der Waals surface area contributed by atoms with E-state index in [2.05, 4.69) is 30.6 Å². The standard InChI is InChI=1S/C15H16F3N7OS/c1-4-11-22-23-14(27-11)20-10(26)6-5-9-7(2)19-13-21-12(15(16,17)18)24-25(13)8(9)3/h4-6H2,1-3H3,(H,20,23,26). The summed E-state index contributed by atoms with van der Waals surface area (Å²) in [7, 11) is 0. The van der Waals surface area contributed by atoms with Crippen LogP contribution in [0.3, 0.4) is 0 Å². The Hall–Kier alpha value is -2.63. The van der Waals surface area contributed by atoms with E-state index in [1.54, 1.807) is 13.8 Å². The van der Waals surface area contributed by atoms with E-state index in [-0.39, 0.29) is 18.1 Å². The third-order valence-electron chi connectivity index (χ3n) is 3.92. The number of carbonyl (C=O) groups excluding carboxylic acids is 1. The largest absolute Gasteiger partial charge is 0.453 e. The minimum atomic E-state index is -4.65. The van der Waals surface area contributed by atoms with Crippen molar-refractivity contribution < 1.29 is 18.0 Å². The molecule has 0 unspecified atom stereocenters. The first-order valence-corrected chi connectivity index (χ1v) is 8.93. The fraction of sp³-hybridized carbons (Fsp3) is 0.467. The number of hydrogen-bond acceptors (Lipinski definition) is 7. The highest BCUT2D eigenvalue weighted by atomic mass is 32.1. The summed E-state index contributed by atoms with van der Waals surface area (Å²) in [5, 5.41) is 15.2. The Balaban J connectivity index is 1.77. The van der Waals surface area contributed by atoms with Gasteiger partial charge in [-0.2, -0.15) is 18.2 Å². The summed E-state index contributed by atoms with van der Waals surface area (Å²) >= 11 is 1.30. The van der Waals surface area contributed by atoms with E-state index in [9.17, 15) is 18.0 Å². The molecule has 3 aromatic heterocycles. The average molecular weight is 399 g/mol. The molecule has 0 aliphatic carbocycles. The third kappa shape index (κ3) is 4.04. The van der Waals surface area contributed by atoms with Gasteiger partial charge >= 0.3 is 6.18 Å². The molecule has 8 nitrogen and oxygen atoms in total. The zero-order valence-electron chi connectivity index (χ0n) is 14.8. The predicted molar refractivity (Wildman–Crippen MR) is 91.5 cm³/mol. The van der Waals surface area contributed by atoms with Crippen LogP contribution in [0.2, 0.25) is 0 Å². The summed E-state index contributed by atoms with van der Waals surface area (Å²) < 4.78 is 39.5. The Morgan fingerprint density at radius 2 is 1.96 bits per heavy atom. The molecule has 144 valence electrons. The van der Waals surface area contributed by atoms with E-state index >= 15 is 0 Å². The smallest absolute Gasteiger partial charge is 0.301 e. The third-order valence-corrected chi connectivity index (χ3v) is 4.90. The molecule has 3 heterocycles. The molecule has 3 rings (SSSR count). The van der Waals surface area contributed by atoms with Gasteiger partial charge in [0.05, 0.1) is 0 Å². The first kappa shape index (κ1) is 19.1. The molecule has 3 aromatic rings. The second-order valence-corrected chi connectivity index (χ2v) is 6.87. The summed E-state index contributed by atoms with van der Waals surface area (Å²) in [6.45, 7) is 5.23. The normalized spacial score (nSPS) is 11.9. The second-order valence-electron chi connectivity index (χ2n) is 5.81. The van der Waals surface area contributed by atoms with Crippen LogP contribution in [0.1, 0.15) is 41.1 Å². The van der Waals surface area contributed by atoms with Crippen LogP contribution in [0.4, 0.5) is 18.3 Å². The zero-order chi connectivity index (χ0) is 19.8. The van der Waals surface area contributed by atoms with Crippen LogP contribution in [-0.4, -0.2) is 35.7 Å². The first-order valence-electron chi connectivity index (χ1n) is 8.11. The number of alkyl halides is 3. The highest BCUT2D eigenvalue weighted by molar-refractivity contribution is 7.15. The molecule has 0 saturated carbocycles. The number of nitrogens with one attached hydrogen (secondary N) is 1. The highest BCUT2D eigenvalue weighted by Crippen LogP contribution is 2.27. The van der Waals surface area contributed by atoms with Gasteiger partial charge in [0, 0.05) is 17.8 Å². The van der Waals surface area contributed by atoms with E-state index in [1.807, 2.05) is 6.92 Å². The molecular formula is C15H16F3N7OS. The second kappa shape index (κ2) is 7.18. The van der Waals surface area contributed by atoms with Crippen molar-refractivity contribution in [3.63, 3.8) is 0 Å². The topological polar surface area (TPSA) is 98.0 Å². The van der Waals surface area contributed by atoms with Crippen molar-refractivity contribution >= 4 is 28.2 Å². The van der Waals surface area contributed by atoms with Crippen molar-refractivity contribution in [1.82, 2.24) is 29.8 Å². The van der Waals surface area contributed by atoms with Gasteiger partial charge < -0.3 is 5.32 Å². The van der Waals surface area contributed by atoms with Gasteiger partial charge in [0.25, 0.3) is 11.6 Å². The number of aromatic nitrogens is 6. The summed E-state index contributed by atoms with van der Waals surface area (Å²) in [6, 6.07) is 0. The van der Waals surface area contributed by atoms with Gasteiger partial charge in [0.2, 0.25) is 11.0 Å². The summed E-state index contributed by atoms with van der Waals surface area (Å²) in [5.74, 6) is -1.62. The summed E-state index contributed by atoms with van der Waals surface area (Å²) in [6.07, 6.45) is -3.49. The van der Waals surface area contributed by atoms with Gasteiger partial charge in [-0.05, 0) is 32.3 Å². The van der Waals surface area contributed by atoms with E-state index < -0.39 is 12.0 Å². The van der Waals surface area contributed by atoms with Crippen molar-refractivity contribution in [2.75, 3.05) is 5.32 Å². The fourth-order valence-corrected chi connectivity index (χ4v) is 3.25. The Labute approximate surface area is 155 Å². The Kier molecular flexibility index (Phi) is 5.09. The average Bonchev–Trinajstić information content (AvgIpc) is 3.20. The van der Waals surface area contributed by atoms with Crippen LogP contribution in [0, 0.1) is 13.8 Å². The van der Waals surface area contributed by atoms with Crippen molar-refractivity contribution in [3.8, 4) is 0 Å². The van der Waals surface area contributed by atoms with Crippen molar-refractivity contribution in [3.05, 3.63) is 27.8 Å². The number of rotatable bonds is 5. The lowest BCUT2D eigenvalue weighted by Gasteiger charge is -2.09. The number of hydrogen-bond donors (Lipinski definition) is 1. The number of halogens is 3. The molecular weight excluding hydrogens is 383 g/mol. The van der Waals surface area contributed by atoms with Crippen molar-refractivity contribution in [2.24, 2.45) is 0 Å². The SMILES string of the molecule is CCc1nnc(NC(=O)CCc2c(C)nc3nc(C(F)(F)F)nn3c2C)s1. The van der Waals surface area contributed by atoms with E-state index in [4.69, 9.17) is 0 Å². The lowest BCUT2D eigenvalue weighted by atomic mass is 10.1. The van der Waals surface area contributed by atoms with Crippen LogP contribution in [0.25, 0.3) is 5.78 Å². The van der Waals surface area contributed by atoms with Crippen molar-refractivity contribution in [2.45, 2.75) is 46.2 Å². The molecule has 0 saturated heterocycles. The molecule has 1 N–H and O–H groups in total. The summed E-state index contributed by atoms with van der Waals surface area (Å²) in [5.41, 5.74) is 1.64. The number of amides is 1. The van der Waals surface area contributed by atoms with Gasteiger partial charge in [-0.15, -0.1) is 15.3 Å². The molecule has 0 aliphatic rings. The van der Waals surface area contributed by atoms with Crippen LogP contribution in [0.5, 0.6) is 0 Å². The fourth-order valence-electron chi connectivity index (χ4n) is 2.56. The van der Waals surface area contributed by atoms with Crippen LogP contribution in [0.15, 0.2) is 0 Å². The quantitative estimate of drug-likeness (QED) is 0.708. The van der Waals surface area contributed by atoms with Crippen LogP contribution in [-0.2, 0) is 23.8 Å². The molecule has 0 aromatic carbocycles. The Bertz CT molecular complexity index is 995. The van der Waals surface area contributed by atoms with Crippen LogP contribution < -0.4 is 5.32 Å². The molecule has 1 amide bonds. The number of nitrogens with zero attached hydrogens (tertiary/aromatic N) is 6. The van der Waals surface area contributed by atoms with E-state index in [0.717, 1.165) is 15.9 Å². The monoisotopic (exact) mass is 399 g/mol. The minimum absolute atomic E-state index is 0.119. The Morgan fingerprint density at radius 3 is 2.59 bits per heavy atom. The molecule has 0 atom stereocenters. The van der Waals surface area contributed by atoms with Gasteiger partial charge in [-0.1, -0.05) is 18.3 Å². The number of carbonyl (C=O) groups is 1. The molecule has 27 heavy (non-hydrogen) atoms. The highest BCUT2D eigenvalue weighted by Gasteiger charge is 2.36. The number of fused-ring (bicyclic) bond motifs is 1. The first-order chi connectivity index (χ1) is 12.7.